The van der Waals surface area contributed by atoms with Crippen LogP contribution in [-0.2, 0) is 0 Å². The van der Waals surface area contributed by atoms with Gasteiger partial charge in [0.05, 0.1) is 5.56 Å². The molecule has 0 bridgehead atoms. The van der Waals surface area contributed by atoms with E-state index in [1.807, 2.05) is 0 Å². The number of carbonyl (C=O) groups is 1. The van der Waals surface area contributed by atoms with Gasteiger partial charge >= 0.3 is 6.61 Å². The fraction of sp³-hybridized carbons (Fsp3) is 0.462. The Bertz CT molecular complexity index is 502. The van der Waals surface area contributed by atoms with E-state index in [2.05, 4.69) is 4.74 Å². The van der Waals surface area contributed by atoms with Gasteiger partial charge in [0.2, 0.25) is 0 Å². The maximum Gasteiger partial charge on any atom is 0.387 e. The van der Waals surface area contributed by atoms with Crippen LogP contribution < -0.4 is 10.5 Å². The summed E-state index contributed by atoms with van der Waals surface area (Å²) in [5.74, 6) is -1.42. The average Bonchev–Trinajstić information content (AvgIpc) is 2.86. The van der Waals surface area contributed by atoms with Crippen LogP contribution in [0.5, 0.6) is 5.75 Å². The molecule has 1 aliphatic heterocycles. The number of likely N-dealkylation sites (tertiary alicyclic amines) is 1. The third-order valence-corrected chi connectivity index (χ3v) is 3.30. The van der Waals surface area contributed by atoms with Crippen molar-refractivity contribution in [1.29, 1.82) is 0 Å². The molecule has 2 rings (SSSR count). The molecule has 1 aliphatic rings. The number of carbonyl (C=O) groups excluding carboxylic acids is 1. The predicted molar refractivity (Wildman–Crippen MR) is 73.3 cm³/mol. The largest absolute Gasteiger partial charge is 0.434 e. The van der Waals surface area contributed by atoms with Crippen LogP contribution in [0, 0.1) is 11.7 Å². The molecule has 2 N–H and O–H groups in total. The van der Waals surface area contributed by atoms with Crippen molar-refractivity contribution in [3.05, 3.63) is 29.6 Å². The second kappa shape index (κ2) is 7.51. The van der Waals surface area contributed by atoms with E-state index in [9.17, 15) is 18.0 Å². The molecule has 0 spiro atoms. The van der Waals surface area contributed by atoms with Crippen molar-refractivity contribution in [3.8, 4) is 5.75 Å². The summed E-state index contributed by atoms with van der Waals surface area (Å²) >= 11 is 0. The fourth-order valence-corrected chi connectivity index (χ4v) is 2.25. The van der Waals surface area contributed by atoms with Crippen LogP contribution in [0.3, 0.4) is 0 Å². The van der Waals surface area contributed by atoms with Gasteiger partial charge in [-0.15, -0.1) is 12.4 Å². The molecule has 21 heavy (non-hydrogen) atoms. The lowest BCUT2D eigenvalue weighted by atomic mass is 10.1. The molecule has 1 unspecified atom stereocenters. The predicted octanol–water partition coefficient (Wildman–Crippen LogP) is 2.27. The Kier molecular flexibility index (Phi) is 6.29. The van der Waals surface area contributed by atoms with Crippen molar-refractivity contribution in [1.82, 2.24) is 4.90 Å². The summed E-state index contributed by atoms with van der Waals surface area (Å²) in [6.07, 6.45) is 0.772. The Hall–Kier alpha value is -1.47. The third kappa shape index (κ3) is 4.25. The van der Waals surface area contributed by atoms with Crippen LogP contribution in [0.4, 0.5) is 13.2 Å². The summed E-state index contributed by atoms with van der Waals surface area (Å²) in [7, 11) is 0. The lowest BCUT2D eigenvalue weighted by Gasteiger charge is -2.18. The van der Waals surface area contributed by atoms with Crippen molar-refractivity contribution in [3.63, 3.8) is 0 Å². The smallest absolute Gasteiger partial charge is 0.387 e. The van der Waals surface area contributed by atoms with Crippen LogP contribution >= 0.6 is 12.4 Å². The van der Waals surface area contributed by atoms with Crippen molar-refractivity contribution in [2.75, 3.05) is 19.6 Å². The Labute approximate surface area is 126 Å². The number of hydrogen-bond acceptors (Lipinski definition) is 3. The minimum atomic E-state index is -3.11. The molecule has 0 aromatic heterocycles. The Morgan fingerprint density at radius 3 is 2.76 bits per heavy atom. The van der Waals surface area contributed by atoms with Gasteiger partial charge in [-0.3, -0.25) is 4.79 Å². The topological polar surface area (TPSA) is 55.6 Å². The van der Waals surface area contributed by atoms with Gasteiger partial charge in [0.15, 0.2) is 0 Å². The molecule has 1 aromatic carbocycles. The maximum atomic E-state index is 13.1. The lowest BCUT2D eigenvalue weighted by molar-refractivity contribution is -0.0504. The molecule has 118 valence electrons. The molecule has 1 atom stereocenters. The summed E-state index contributed by atoms with van der Waals surface area (Å²) < 4.78 is 41.9. The highest BCUT2D eigenvalue weighted by molar-refractivity contribution is 5.97. The van der Waals surface area contributed by atoms with Crippen molar-refractivity contribution < 1.29 is 22.7 Å². The molecule has 1 saturated heterocycles. The van der Waals surface area contributed by atoms with E-state index in [4.69, 9.17) is 5.73 Å². The van der Waals surface area contributed by atoms with Crippen LogP contribution in [-0.4, -0.2) is 37.1 Å². The molecule has 1 amide bonds. The number of halogens is 4. The van der Waals surface area contributed by atoms with E-state index in [1.54, 1.807) is 0 Å². The number of nitrogens with zero attached hydrogens (tertiary/aromatic N) is 1. The molecule has 8 heteroatoms. The van der Waals surface area contributed by atoms with Gasteiger partial charge in [0.1, 0.15) is 11.6 Å². The maximum absolute atomic E-state index is 13.1. The third-order valence-electron chi connectivity index (χ3n) is 3.30. The Morgan fingerprint density at radius 1 is 1.48 bits per heavy atom. The number of amides is 1. The first-order valence-electron chi connectivity index (χ1n) is 6.25. The SMILES string of the molecule is Cl.NCC1CCN(C(=O)c2ccc(F)cc2OC(F)F)C1. The fourth-order valence-electron chi connectivity index (χ4n) is 2.25. The van der Waals surface area contributed by atoms with E-state index in [0.29, 0.717) is 19.6 Å². The number of ether oxygens (including phenoxy) is 1. The second-order valence-electron chi connectivity index (χ2n) is 4.66. The monoisotopic (exact) mass is 324 g/mol. The minimum absolute atomic E-state index is 0. The van der Waals surface area contributed by atoms with Crippen molar-refractivity contribution in [2.24, 2.45) is 11.7 Å². The van der Waals surface area contributed by atoms with Gasteiger partial charge in [-0.05, 0) is 31.0 Å². The van der Waals surface area contributed by atoms with Gasteiger partial charge < -0.3 is 15.4 Å². The van der Waals surface area contributed by atoms with Crippen molar-refractivity contribution in [2.45, 2.75) is 13.0 Å². The zero-order chi connectivity index (χ0) is 14.7. The average molecular weight is 325 g/mol. The molecule has 0 saturated carbocycles. The molecule has 4 nitrogen and oxygen atoms in total. The summed E-state index contributed by atoms with van der Waals surface area (Å²) in [6.45, 7) is -1.67. The van der Waals surface area contributed by atoms with Crippen LogP contribution in [0.25, 0.3) is 0 Å². The van der Waals surface area contributed by atoms with Crippen LogP contribution in [0.2, 0.25) is 0 Å². The van der Waals surface area contributed by atoms with Gasteiger partial charge in [0.25, 0.3) is 5.91 Å². The zero-order valence-electron chi connectivity index (χ0n) is 11.1. The van der Waals surface area contributed by atoms with Gasteiger partial charge in [-0.1, -0.05) is 0 Å². The van der Waals surface area contributed by atoms with Gasteiger partial charge in [0, 0.05) is 19.2 Å². The molecule has 1 fully saturated rings. The first kappa shape index (κ1) is 17.6. The molecule has 1 heterocycles. The number of benzene rings is 1. The second-order valence-corrected chi connectivity index (χ2v) is 4.66. The molecule has 0 radical (unpaired) electrons. The molecule has 0 aliphatic carbocycles. The van der Waals surface area contributed by atoms with Gasteiger partial charge in [-0.2, -0.15) is 8.78 Å². The summed E-state index contributed by atoms with van der Waals surface area (Å²) in [6, 6.07) is 2.99. The van der Waals surface area contributed by atoms with E-state index in [1.165, 1.54) is 4.90 Å². The first-order valence-corrected chi connectivity index (χ1v) is 6.25. The van der Waals surface area contributed by atoms with Gasteiger partial charge in [-0.25, -0.2) is 4.39 Å². The first-order chi connectivity index (χ1) is 9.51. The number of rotatable bonds is 4. The summed E-state index contributed by atoms with van der Waals surface area (Å²) in [5, 5.41) is 0. The Morgan fingerprint density at radius 2 is 2.19 bits per heavy atom. The lowest BCUT2D eigenvalue weighted by Crippen LogP contribution is -2.30. The summed E-state index contributed by atoms with van der Waals surface area (Å²) in [4.78, 5) is 13.8. The highest BCUT2D eigenvalue weighted by atomic mass is 35.5. The van der Waals surface area contributed by atoms with E-state index in [0.717, 1.165) is 24.6 Å². The van der Waals surface area contributed by atoms with E-state index in [-0.39, 0.29) is 23.9 Å². The minimum Gasteiger partial charge on any atom is -0.434 e. The van der Waals surface area contributed by atoms with Crippen molar-refractivity contribution >= 4 is 18.3 Å². The standard InChI is InChI=1S/C13H15F3N2O2.ClH/c14-9-1-2-10(11(5-9)20-13(15)16)12(19)18-4-3-8(6-17)7-18;/h1-2,5,8,13H,3-4,6-7,17H2;1H. The molecule has 1 aromatic rings. The van der Waals surface area contributed by atoms with Crippen LogP contribution in [0.1, 0.15) is 16.8 Å². The quantitative estimate of drug-likeness (QED) is 0.924. The zero-order valence-corrected chi connectivity index (χ0v) is 11.9. The van der Waals surface area contributed by atoms with Crippen LogP contribution in [0.15, 0.2) is 18.2 Å². The highest BCUT2D eigenvalue weighted by Gasteiger charge is 2.28. The Balaban J connectivity index is 0.00000220. The molecular weight excluding hydrogens is 309 g/mol. The summed E-state index contributed by atoms with van der Waals surface area (Å²) in [5.41, 5.74) is 5.47. The molecular formula is C13H16ClF3N2O2. The van der Waals surface area contributed by atoms with E-state index < -0.39 is 24.1 Å². The number of nitrogens with two attached hydrogens (primary N) is 1. The van der Waals surface area contributed by atoms with E-state index >= 15 is 0 Å². The number of alkyl halides is 2. The highest BCUT2D eigenvalue weighted by Crippen LogP contribution is 2.26. The normalized spacial score (nSPS) is 17.8. The number of hydrogen-bond donors (Lipinski definition) is 1.